The van der Waals surface area contributed by atoms with Crippen LogP contribution in [-0.4, -0.2) is 22.8 Å². The van der Waals surface area contributed by atoms with Crippen LogP contribution in [0.25, 0.3) is 0 Å². The minimum atomic E-state index is -0.938. The molecule has 6 nitrogen and oxygen atoms in total. The zero-order valence-electron chi connectivity index (χ0n) is 12.3. The molecule has 0 saturated carbocycles. The van der Waals surface area contributed by atoms with Gasteiger partial charge >= 0.3 is 6.03 Å². The lowest BCUT2D eigenvalue weighted by molar-refractivity contribution is -0.0444. The lowest BCUT2D eigenvalue weighted by Gasteiger charge is -2.13. The third kappa shape index (κ3) is 5.05. The molecule has 0 bridgehead atoms. The van der Waals surface area contributed by atoms with Crippen LogP contribution < -0.4 is 10.5 Å². The summed E-state index contributed by atoms with van der Waals surface area (Å²) in [6.45, 7) is 1.71. The number of carbonyl (C=O) groups is 1. The molecule has 1 aromatic heterocycles. The van der Waals surface area contributed by atoms with Crippen molar-refractivity contribution in [1.82, 2.24) is 5.06 Å². The first kappa shape index (κ1) is 16.4. The molecule has 0 aliphatic carbocycles. The molecule has 2 amide bonds. The number of nitrogens with two attached hydrogens (primary N) is 1. The fraction of sp³-hybridized carbons (Fsp3) is 0.188. The average Bonchev–Trinajstić information content (AvgIpc) is 2.95. The van der Waals surface area contributed by atoms with Crippen LogP contribution in [0.5, 0.6) is 11.7 Å². The summed E-state index contributed by atoms with van der Waals surface area (Å²) in [5, 5.41) is 9.60. The molecule has 0 spiro atoms. The maximum absolute atomic E-state index is 12.8. The van der Waals surface area contributed by atoms with Crippen molar-refractivity contribution in [3.63, 3.8) is 0 Å². The molecule has 3 N–H and O–H groups in total. The molecule has 2 aromatic rings. The van der Waals surface area contributed by atoms with E-state index >= 15 is 0 Å². The van der Waals surface area contributed by atoms with E-state index < -0.39 is 6.03 Å². The van der Waals surface area contributed by atoms with E-state index in [-0.39, 0.29) is 24.2 Å². The summed E-state index contributed by atoms with van der Waals surface area (Å²) in [5.41, 5.74) is 4.91. The Hall–Kier alpha value is -2.98. The fourth-order valence-corrected chi connectivity index (χ4v) is 1.65. The minimum absolute atomic E-state index is 0.0119. The molecule has 0 aliphatic rings. The van der Waals surface area contributed by atoms with E-state index in [0.717, 1.165) is 0 Å². The molecule has 0 saturated heterocycles. The minimum Gasteiger partial charge on any atom is -0.426 e. The number of nitrogens with zero attached hydrogens (tertiary/aromatic N) is 1. The molecular weight excluding hydrogens is 303 g/mol. The van der Waals surface area contributed by atoms with E-state index in [1.165, 1.54) is 24.3 Å². The third-order valence-electron chi connectivity index (χ3n) is 2.76. The highest BCUT2D eigenvalue weighted by molar-refractivity contribution is 5.70. The molecule has 1 aromatic carbocycles. The number of primary amides is 1. The second-order valence-corrected chi connectivity index (χ2v) is 4.77. The SMILES string of the molecule is CC(C#Cc1ccc(Oc2ccc(F)cc2)o1)CN(O)C(N)=O. The highest BCUT2D eigenvalue weighted by Crippen LogP contribution is 2.23. The Kier molecular flexibility index (Phi) is 5.23. The average molecular weight is 318 g/mol. The van der Waals surface area contributed by atoms with E-state index in [1.54, 1.807) is 19.1 Å². The van der Waals surface area contributed by atoms with Crippen LogP contribution in [-0.2, 0) is 0 Å². The smallest absolute Gasteiger partial charge is 0.338 e. The highest BCUT2D eigenvalue weighted by Gasteiger charge is 2.09. The van der Waals surface area contributed by atoms with Crippen LogP contribution in [0.15, 0.2) is 40.8 Å². The first-order valence-electron chi connectivity index (χ1n) is 6.74. The summed E-state index contributed by atoms with van der Waals surface area (Å²) in [4.78, 5) is 10.7. The Morgan fingerprint density at radius 3 is 2.74 bits per heavy atom. The number of furan rings is 1. The van der Waals surface area contributed by atoms with Gasteiger partial charge in [0.2, 0.25) is 0 Å². The standard InChI is InChI=1S/C16H15FN2O4/c1-11(10-19(21)16(18)20)2-5-13-8-9-15(22-13)23-14-6-3-12(17)4-7-14/h3-4,6-9,11,21H,10H2,1H3,(H2,18,20). The molecule has 2 rings (SSSR count). The van der Waals surface area contributed by atoms with Crippen molar-refractivity contribution in [3.05, 3.63) is 48.0 Å². The fourth-order valence-electron chi connectivity index (χ4n) is 1.65. The van der Waals surface area contributed by atoms with Crippen LogP contribution in [0.4, 0.5) is 9.18 Å². The van der Waals surface area contributed by atoms with Crippen LogP contribution in [0.1, 0.15) is 12.7 Å². The largest absolute Gasteiger partial charge is 0.426 e. The number of urea groups is 1. The number of benzene rings is 1. The van der Waals surface area contributed by atoms with Gasteiger partial charge < -0.3 is 14.9 Å². The summed E-state index contributed by atoms with van der Waals surface area (Å²) in [7, 11) is 0. The van der Waals surface area contributed by atoms with Gasteiger partial charge in [0.25, 0.3) is 5.95 Å². The molecule has 1 unspecified atom stereocenters. The molecule has 1 atom stereocenters. The van der Waals surface area contributed by atoms with Gasteiger partial charge in [0.05, 0.1) is 6.54 Å². The number of carbonyl (C=O) groups excluding carboxylic acids is 1. The first-order valence-corrected chi connectivity index (χ1v) is 6.74. The summed E-state index contributed by atoms with van der Waals surface area (Å²) in [6, 6.07) is 7.77. The quantitative estimate of drug-likeness (QED) is 0.515. The van der Waals surface area contributed by atoms with Gasteiger partial charge in [0.15, 0.2) is 5.76 Å². The Morgan fingerprint density at radius 2 is 2.09 bits per heavy atom. The first-order chi connectivity index (χ1) is 10.9. The number of amides is 2. The molecule has 0 radical (unpaired) electrons. The second-order valence-electron chi connectivity index (χ2n) is 4.77. The van der Waals surface area contributed by atoms with Gasteiger partial charge in [-0.05, 0) is 43.2 Å². The Labute approximate surface area is 132 Å². The van der Waals surface area contributed by atoms with Gasteiger partial charge in [0.1, 0.15) is 11.6 Å². The number of hydrogen-bond donors (Lipinski definition) is 2. The molecular formula is C16H15FN2O4. The van der Waals surface area contributed by atoms with E-state index in [1.807, 2.05) is 0 Å². The van der Waals surface area contributed by atoms with Gasteiger partial charge in [0, 0.05) is 12.0 Å². The van der Waals surface area contributed by atoms with E-state index in [0.29, 0.717) is 16.6 Å². The van der Waals surface area contributed by atoms with Gasteiger partial charge in [-0.25, -0.2) is 14.2 Å². The van der Waals surface area contributed by atoms with Crippen molar-refractivity contribution in [2.24, 2.45) is 11.7 Å². The van der Waals surface area contributed by atoms with Crippen molar-refractivity contribution >= 4 is 6.03 Å². The topological polar surface area (TPSA) is 88.9 Å². The van der Waals surface area contributed by atoms with Crippen LogP contribution in [0.3, 0.4) is 0 Å². The number of halogens is 1. The van der Waals surface area contributed by atoms with Crippen LogP contribution >= 0.6 is 0 Å². The maximum Gasteiger partial charge on any atom is 0.338 e. The van der Waals surface area contributed by atoms with Crippen LogP contribution in [0.2, 0.25) is 0 Å². The number of rotatable bonds is 4. The van der Waals surface area contributed by atoms with Crippen molar-refractivity contribution < 1.29 is 23.5 Å². The molecule has 1 heterocycles. The van der Waals surface area contributed by atoms with E-state index in [2.05, 4.69) is 11.8 Å². The second kappa shape index (κ2) is 7.33. The zero-order chi connectivity index (χ0) is 16.8. The Morgan fingerprint density at radius 1 is 1.39 bits per heavy atom. The lowest BCUT2D eigenvalue weighted by atomic mass is 10.2. The molecule has 0 fully saturated rings. The number of hydroxylamine groups is 2. The molecule has 7 heteroatoms. The van der Waals surface area contributed by atoms with E-state index in [4.69, 9.17) is 14.9 Å². The van der Waals surface area contributed by atoms with Crippen molar-refractivity contribution in [2.75, 3.05) is 6.54 Å². The van der Waals surface area contributed by atoms with E-state index in [9.17, 15) is 14.4 Å². The van der Waals surface area contributed by atoms with Crippen molar-refractivity contribution in [2.45, 2.75) is 6.92 Å². The van der Waals surface area contributed by atoms with Crippen molar-refractivity contribution in [3.8, 4) is 23.5 Å². The van der Waals surface area contributed by atoms with Gasteiger partial charge in [-0.1, -0.05) is 5.92 Å². The summed E-state index contributed by atoms with van der Waals surface area (Å²) >= 11 is 0. The Balaban J connectivity index is 1.96. The molecule has 120 valence electrons. The Bertz CT molecular complexity index is 731. The normalized spacial score (nSPS) is 11.3. The van der Waals surface area contributed by atoms with Gasteiger partial charge in [-0.15, -0.1) is 0 Å². The summed E-state index contributed by atoms with van der Waals surface area (Å²) in [5.74, 6) is 5.92. The maximum atomic E-state index is 12.8. The monoisotopic (exact) mass is 318 g/mol. The molecule has 0 aliphatic heterocycles. The summed E-state index contributed by atoms with van der Waals surface area (Å²) < 4.78 is 23.6. The van der Waals surface area contributed by atoms with Crippen molar-refractivity contribution in [1.29, 1.82) is 0 Å². The predicted molar refractivity (Wildman–Crippen MR) is 79.3 cm³/mol. The lowest BCUT2D eigenvalue weighted by Crippen LogP contribution is -2.35. The third-order valence-corrected chi connectivity index (χ3v) is 2.76. The highest BCUT2D eigenvalue weighted by atomic mass is 19.1. The van der Waals surface area contributed by atoms with Gasteiger partial charge in [-0.2, -0.15) is 0 Å². The molecule has 23 heavy (non-hydrogen) atoms. The number of ether oxygens (including phenoxy) is 1. The zero-order valence-corrected chi connectivity index (χ0v) is 12.3. The van der Waals surface area contributed by atoms with Gasteiger partial charge in [-0.3, -0.25) is 5.21 Å². The summed E-state index contributed by atoms with van der Waals surface area (Å²) in [6.07, 6.45) is 0. The predicted octanol–water partition coefficient (Wildman–Crippen LogP) is 2.97. The van der Waals surface area contributed by atoms with Crippen LogP contribution in [0, 0.1) is 23.6 Å². The number of hydrogen-bond acceptors (Lipinski definition) is 4.